The molecule has 0 aliphatic heterocycles. The zero-order chi connectivity index (χ0) is 10.7. The molecule has 1 unspecified atom stereocenters. The van der Waals surface area contributed by atoms with Crippen molar-refractivity contribution in [2.75, 3.05) is 0 Å². The van der Waals surface area contributed by atoms with Gasteiger partial charge in [0.2, 0.25) is 0 Å². The quantitative estimate of drug-likeness (QED) is 0.787. The fourth-order valence-corrected chi connectivity index (χ4v) is 1.73. The van der Waals surface area contributed by atoms with Gasteiger partial charge in [0.05, 0.1) is 0 Å². The molecular weight excluding hydrogens is 188 g/mol. The SMILES string of the molecule is NC(CC(=O)Cc1ccccn1)C1CC1. The summed E-state index contributed by atoms with van der Waals surface area (Å²) in [7, 11) is 0. The zero-order valence-electron chi connectivity index (χ0n) is 8.73. The van der Waals surface area contributed by atoms with Crippen molar-refractivity contribution in [2.45, 2.75) is 31.7 Å². The summed E-state index contributed by atoms with van der Waals surface area (Å²) >= 11 is 0. The minimum atomic E-state index is 0.0706. The molecule has 0 aromatic carbocycles. The predicted molar refractivity (Wildman–Crippen MR) is 58.3 cm³/mol. The van der Waals surface area contributed by atoms with Crippen LogP contribution < -0.4 is 5.73 Å². The van der Waals surface area contributed by atoms with Crippen LogP contribution in [-0.2, 0) is 11.2 Å². The van der Waals surface area contributed by atoms with Crippen LogP contribution in [0.1, 0.15) is 25.0 Å². The van der Waals surface area contributed by atoms with E-state index in [0.717, 1.165) is 5.69 Å². The van der Waals surface area contributed by atoms with Gasteiger partial charge in [-0.25, -0.2) is 0 Å². The van der Waals surface area contributed by atoms with Gasteiger partial charge in [0.15, 0.2) is 0 Å². The Kier molecular flexibility index (Phi) is 3.11. The largest absolute Gasteiger partial charge is 0.327 e. The summed E-state index contributed by atoms with van der Waals surface area (Å²) in [6, 6.07) is 5.70. The second-order valence-corrected chi connectivity index (χ2v) is 4.24. The van der Waals surface area contributed by atoms with Crippen LogP contribution in [0.5, 0.6) is 0 Å². The van der Waals surface area contributed by atoms with E-state index in [9.17, 15) is 4.79 Å². The van der Waals surface area contributed by atoms with E-state index < -0.39 is 0 Å². The van der Waals surface area contributed by atoms with Crippen molar-refractivity contribution in [2.24, 2.45) is 11.7 Å². The summed E-state index contributed by atoms with van der Waals surface area (Å²) < 4.78 is 0. The number of carbonyl (C=O) groups is 1. The van der Waals surface area contributed by atoms with Gasteiger partial charge in [0.1, 0.15) is 5.78 Å². The lowest BCUT2D eigenvalue weighted by Gasteiger charge is -2.08. The van der Waals surface area contributed by atoms with E-state index in [0.29, 0.717) is 18.8 Å². The fraction of sp³-hybridized carbons (Fsp3) is 0.500. The zero-order valence-corrected chi connectivity index (χ0v) is 8.73. The highest BCUT2D eigenvalue weighted by molar-refractivity contribution is 5.81. The van der Waals surface area contributed by atoms with Gasteiger partial charge >= 0.3 is 0 Å². The number of nitrogens with two attached hydrogens (primary N) is 1. The molecule has 0 amide bonds. The molecule has 1 heterocycles. The van der Waals surface area contributed by atoms with Crippen LogP contribution in [0.2, 0.25) is 0 Å². The van der Waals surface area contributed by atoms with Crippen molar-refractivity contribution in [1.29, 1.82) is 0 Å². The van der Waals surface area contributed by atoms with Crippen LogP contribution in [0.4, 0.5) is 0 Å². The maximum atomic E-state index is 11.6. The molecule has 1 fully saturated rings. The van der Waals surface area contributed by atoms with Gasteiger partial charge in [-0.15, -0.1) is 0 Å². The van der Waals surface area contributed by atoms with E-state index in [1.54, 1.807) is 6.20 Å². The third kappa shape index (κ3) is 3.13. The lowest BCUT2D eigenvalue weighted by molar-refractivity contribution is -0.118. The van der Waals surface area contributed by atoms with Crippen molar-refractivity contribution in [3.05, 3.63) is 30.1 Å². The van der Waals surface area contributed by atoms with Crippen LogP contribution >= 0.6 is 0 Å². The first-order chi connectivity index (χ1) is 7.25. The molecule has 1 aliphatic carbocycles. The molecule has 0 bridgehead atoms. The number of pyridine rings is 1. The third-order valence-corrected chi connectivity index (χ3v) is 2.80. The summed E-state index contributed by atoms with van der Waals surface area (Å²) in [4.78, 5) is 15.8. The Morgan fingerprint density at radius 3 is 2.93 bits per heavy atom. The van der Waals surface area contributed by atoms with Gasteiger partial charge in [-0.05, 0) is 30.9 Å². The third-order valence-electron chi connectivity index (χ3n) is 2.80. The van der Waals surface area contributed by atoms with Crippen LogP contribution in [0, 0.1) is 5.92 Å². The molecule has 1 atom stereocenters. The number of Topliss-reactive ketones (excluding diaryl/α,β-unsaturated/α-hetero) is 1. The fourth-order valence-electron chi connectivity index (χ4n) is 1.73. The van der Waals surface area contributed by atoms with Crippen LogP contribution in [-0.4, -0.2) is 16.8 Å². The monoisotopic (exact) mass is 204 g/mol. The molecule has 1 saturated carbocycles. The van der Waals surface area contributed by atoms with Gasteiger partial charge in [-0.3, -0.25) is 9.78 Å². The number of rotatable bonds is 5. The molecule has 1 aromatic heterocycles. The summed E-state index contributed by atoms with van der Waals surface area (Å²) in [5.41, 5.74) is 6.73. The molecule has 2 N–H and O–H groups in total. The number of carbonyl (C=O) groups excluding carboxylic acids is 1. The van der Waals surface area contributed by atoms with Crippen molar-refractivity contribution in [3.8, 4) is 0 Å². The highest BCUT2D eigenvalue weighted by Gasteiger charge is 2.29. The highest BCUT2D eigenvalue weighted by Crippen LogP contribution is 2.32. The smallest absolute Gasteiger partial charge is 0.140 e. The molecule has 1 aliphatic rings. The first-order valence-electron chi connectivity index (χ1n) is 5.43. The van der Waals surface area contributed by atoms with E-state index in [4.69, 9.17) is 5.73 Å². The van der Waals surface area contributed by atoms with E-state index in [1.807, 2.05) is 18.2 Å². The Labute approximate surface area is 89.7 Å². The molecule has 80 valence electrons. The lowest BCUT2D eigenvalue weighted by atomic mass is 10.0. The maximum Gasteiger partial charge on any atom is 0.140 e. The number of hydrogen-bond donors (Lipinski definition) is 1. The molecule has 15 heavy (non-hydrogen) atoms. The van der Waals surface area contributed by atoms with Crippen LogP contribution in [0.3, 0.4) is 0 Å². The topological polar surface area (TPSA) is 56.0 Å². The summed E-state index contributed by atoms with van der Waals surface area (Å²) in [6.07, 6.45) is 5.02. The van der Waals surface area contributed by atoms with Crippen molar-refractivity contribution < 1.29 is 4.79 Å². The van der Waals surface area contributed by atoms with E-state index >= 15 is 0 Å². The number of nitrogens with zero attached hydrogens (tertiary/aromatic N) is 1. The van der Waals surface area contributed by atoms with E-state index in [2.05, 4.69) is 4.98 Å². The Morgan fingerprint density at radius 1 is 1.53 bits per heavy atom. The number of ketones is 1. The van der Waals surface area contributed by atoms with Gasteiger partial charge in [0.25, 0.3) is 0 Å². The Bertz CT molecular complexity index is 333. The van der Waals surface area contributed by atoms with Gasteiger partial charge < -0.3 is 5.73 Å². The van der Waals surface area contributed by atoms with Gasteiger partial charge in [-0.1, -0.05) is 6.07 Å². The minimum absolute atomic E-state index is 0.0706. The molecule has 2 rings (SSSR count). The first kappa shape index (κ1) is 10.3. The normalized spacial score (nSPS) is 17.4. The Balaban J connectivity index is 1.81. The Morgan fingerprint density at radius 2 is 2.33 bits per heavy atom. The average Bonchev–Trinajstić information content (AvgIpc) is 3.01. The second kappa shape index (κ2) is 4.53. The second-order valence-electron chi connectivity index (χ2n) is 4.24. The first-order valence-corrected chi connectivity index (χ1v) is 5.43. The molecule has 1 aromatic rings. The number of hydrogen-bond acceptors (Lipinski definition) is 3. The molecule has 0 radical (unpaired) electrons. The van der Waals surface area contributed by atoms with Gasteiger partial charge in [0, 0.05) is 30.8 Å². The predicted octanol–water partition coefficient (Wildman–Crippen LogP) is 1.32. The van der Waals surface area contributed by atoms with Crippen LogP contribution in [0.15, 0.2) is 24.4 Å². The van der Waals surface area contributed by atoms with E-state index in [1.165, 1.54) is 12.8 Å². The lowest BCUT2D eigenvalue weighted by Crippen LogP contribution is -2.26. The van der Waals surface area contributed by atoms with E-state index in [-0.39, 0.29) is 11.8 Å². The standard InChI is InChI=1S/C12H16N2O/c13-12(9-4-5-9)8-11(15)7-10-3-1-2-6-14-10/h1-3,6,9,12H,4-5,7-8,13H2. The number of aromatic nitrogens is 1. The minimum Gasteiger partial charge on any atom is -0.327 e. The molecule has 0 saturated heterocycles. The maximum absolute atomic E-state index is 11.6. The molecule has 3 heteroatoms. The molecule has 0 spiro atoms. The van der Waals surface area contributed by atoms with Crippen molar-refractivity contribution >= 4 is 5.78 Å². The average molecular weight is 204 g/mol. The molecule has 3 nitrogen and oxygen atoms in total. The van der Waals surface area contributed by atoms with Crippen LogP contribution in [0.25, 0.3) is 0 Å². The van der Waals surface area contributed by atoms with Crippen molar-refractivity contribution in [3.63, 3.8) is 0 Å². The van der Waals surface area contributed by atoms with Crippen molar-refractivity contribution in [1.82, 2.24) is 4.98 Å². The summed E-state index contributed by atoms with van der Waals surface area (Å²) in [6.45, 7) is 0. The summed E-state index contributed by atoms with van der Waals surface area (Å²) in [5.74, 6) is 0.797. The summed E-state index contributed by atoms with van der Waals surface area (Å²) in [5, 5.41) is 0. The van der Waals surface area contributed by atoms with Gasteiger partial charge in [-0.2, -0.15) is 0 Å². The Hall–Kier alpha value is -1.22. The highest BCUT2D eigenvalue weighted by atomic mass is 16.1. The molecular formula is C12H16N2O.